The summed E-state index contributed by atoms with van der Waals surface area (Å²) in [5, 5.41) is 12.9. The van der Waals surface area contributed by atoms with E-state index in [2.05, 4.69) is 22.4 Å². The Kier molecular flexibility index (Phi) is 6.28. The summed E-state index contributed by atoms with van der Waals surface area (Å²) < 4.78 is 12.1. The molecule has 8 nitrogen and oxygen atoms in total. The zero-order valence-corrected chi connectivity index (χ0v) is 19.7. The van der Waals surface area contributed by atoms with Gasteiger partial charge in [0, 0.05) is 29.0 Å². The normalized spacial score (nSPS) is 22.0. The van der Waals surface area contributed by atoms with E-state index in [1.807, 2.05) is 35.4 Å². The first-order valence-electron chi connectivity index (χ1n) is 11.1. The maximum atomic E-state index is 12.4. The zero-order chi connectivity index (χ0) is 22.9. The predicted octanol–water partition coefficient (Wildman–Crippen LogP) is 3.42. The molecule has 0 radical (unpaired) electrons. The lowest BCUT2D eigenvalue weighted by atomic mass is 10.0. The van der Waals surface area contributed by atoms with Crippen LogP contribution in [0.3, 0.4) is 0 Å². The molecule has 2 atom stereocenters. The van der Waals surface area contributed by atoms with Crippen LogP contribution in [0, 0.1) is 0 Å². The number of hydroxylamine groups is 2. The van der Waals surface area contributed by atoms with E-state index in [9.17, 15) is 14.2 Å². The number of nitrogens with one attached hydrogen (secondary N) is 2. The largest absolute Gasteiger partial charge is 0.370 e. The molecule has 9 heteroatoms. The number of aromatic amines is 1. The molecule has 2 aromatic rings. The Balaban J connectivity index is 1.32. The van der Waals surface area contributed by atoms with Gasteiger partial charge in [-0.2, -0.15) is 5.10 Å². The number of carbonyl (C=O) groups is 2. The third kappa shape index (κ3) is 5.13. The van der Waals surface area contributed by atoms with E-state index in [1.165, 1.54) is 0 Å². The second-order valence-corrected chi connectivity index (χ2v) is 12.9. The van der Waals surface area contributed by atoms with Gasteiger partial charge in [-0.3, -0.25) is 14.7 Å². The monoisotopic (exact) mass is 458 g/mol. The highest BCUT2D eigenvalue weighted by molar-refractivity contribution is 7.70. The van der Waals surface area contributed by atoms with Gasteiger partial charge in [0.15, 0.2) is 5.82 Å². The number of anilines is 1. The Morgan fingerprint density at radius 3 is 2.66 bits per heavy atom. The molecule has 0 bridgehead atoms. The van der Waals surface area contributed by atoms with Gasteiger partial charge in [-0.05, 0) is 57.9 Å². The second-order valence-electron chi connectivity index (χ2n) is 9.64. The van der Waals surface area contributed by atoms with Crippen molar-refractivity contribution in [2.75, 3.05) is 18.6 Å². The standard InChI is InChI=1S/C23H31N4O4P/c1-23(10-11-23)27(31-15-28)18-7-6-17(13-18)20-14-21(26-25-20)24-22(29)12-16-4-8-19(9-5-16)32(2,3)30/h4-5,8-9,14-15,17-18H,6-7,10-13H2,1-3H3,(H2,24,25,26,29)/t17-,18+/m1/s1. The van der Waals surface area contributed by atoms with Crippen molar-refractivity contribution in [2.24, 2.45) is 0 Å². The van der Waals surface area contributed by atoms with Crippen LogP contribution in [0.1, 0.15) is 56.2 Å². The molecule has 0 saturated heterocycles. The fraction of sp³-hybridized carbons (Fsp3) is 0.522. The lowest BCUT2D eigenvalue weighted by molar-refractivity contribution is -0.204. The SMILES string of the molecule is CC1(N(OC=O)[C@H]2CC[C@@H](c3cc(NC(=O)Cc4ccc(P(C)(C)=O)cc4)n[nH]3)C2)CC1. The molecular weight excluding hydrogens is 427 g/mol. The molecule has 0 spiro atoms. The maximum absolute atomic E-state index is 12.4. The molecule has 32 heavy (non-hydrogen) atoms. The highest BCUT2D eigenvalue weighted by Crippen LogP contribution is 2.47. The van der Waals surface area contributed by atoms with E-state index in [4.69, 9.17) is 4.84 Å². The Bertz CT molecular complexity index is 1020. The van der Waals surface area contributed by atoms with E-state index in [0.29, 0.717) is 12.3 Å². The number of amides is 1. The summed E-state index contributed by atoms with van der Waals surface area (Å²) in [5.74, 6) is 0.639. The summed E-state index contributed by atoms with van der Waals surface area (Å²) in [4.78, 5) is 28.7. The number of nitrogens with zero attached hydrogens (tertiary/aromatic N) is 2. The summed E-state index contributed by atoms with van der Waals surface area (Å²) in [6.07, 6.45) is 5.11. The van der Waals surface area contributed by atoms with E-state index in [-0.39, 0.29) is 29.8 Å². The van der Waals surface area contributed by atoms with Gasteiger partial charge in [0.05, 0.1) is 12.0 Å². The van der Waals surface area contributed by atoms with Crippen LogP contribution < -0.4 is 10.6 Å². The Morgan fingerprint density at radius 1 is 1.31 bits per heavy atom. The van der Waals surface area contributed by atoms with Crippen LogP contribution >= 0.6 is 7.14 Å². The minimum Gasteiger partial charge on any atom is -0.370 e. The fourth-order valence-electron chi connectivity index (χ4n) is 4.51. The molecule has 1 amide bonds. The van der Waals surface area contributed by atoms with Crippen molar-refractivity contribution < 1.29 is 19.0 Å². The zero-order valence-electron chi connectivity index (χ0n) is 18.8. The topological polar surface area (TPSA) is 104 Å². The first kappa shape index (κ1) is 22.7. The highest BCUT2D eigenvalue weighted by atomic mass is 31.2. The van der Waals surface area contributed by atoms with Gasteiger partial charge in [-0.15, -0.1) is 5.06 Å². The molecular formula is C23H31N4O4P. The third-order valence-electron chi connectivity index (χ3n) is 6.63. The van der Waals surface area contributed by atoms with Crippen LogP contribution in [-0.2, 0) is 25.4 Å². The van der Waals surface area contributed by atoms with Crippen LogP contribution in [0.25, 0.3) is 0 Å². The van der Waals surface area contributed by atoms with Gasteiger partial charge in [-0.1, -0.05) is 24.3 Å². The Labute approximate surface area is 188 Å². The summed E-state index contributed by atoms with van der Waals surface area (Å²) in [6.45, 7) is 6.12. The average molecular weight is 458 g/mol. The van der Waals surface area contributed by atoms with Crippen molar-refractivity contribution in [3.05, 3.63) is 41.6 Å². The number of hydrogen-bond acceptors (Lipinski definition) is 6. The molecule has 2 fully saturated rings. The lowest BCUT2D eigenvalue weighted by Crippen LogP contribution is -2.42. The van der Waals surface area contributed by atoms with Crippen molar-refractivity contribution in [2.45, 2.75) is 62.9 Å². The predicted molar refractivity (Wildman–Crippen MR) is 123 cm³/mol. The smallest absolute Gasteiger partial charge is 0.313 e. The van der Waals surface area contributed by atoms with Gasteiger partial charge in [-0.25, -0.2) is 0 Å². The van der Waals surface area contributed by atoms with Crippen molar-refractivity contribution in [1.29, 1.82) is 0 Å². The number of H-pyrrole nitrogens is 1. The molecule has 4 rings (SSSR count). The summed E-state index contributed by atoms with van der Waals surface area (Å²) in [5.41, 5.74) is 1.82. The molecule has 2 aliphatic carbocycles. The molecule has 1 heterocycles. The van der Waals surface area contributed by atoms with Gasteiger partial charge in [0.2, 0.25) is 5.91 Å². The molecule has 1 aromatic carbocycles. The molecule has 0 aliphatic heterocycles. The average Bonchev–Trinajstić information content (AvgIpc) is 3.13. The van der Waals surface area contributed by atoms with Crippen LogP contribution in [-0.4, -0.2) is 52.6 Å². The number of aromatic nitrogens is 2. The minimum absolute atomic E-state index is 0.0308. The van der Waals surface area contributed by atoms with Crippen LogP contribution in [0.5, 0.6) is 0 Å². The summed E-state index contributed by atoms with van der Waals surface area (Å²) in [6, 6.07) is 9.43. The van der Waals surface area contributed by atoms with Crippen molar-refractivity contribution in [3.8, 4) is 0 Å². The van der Waals surface area contributed by atoms with Crippen molar-refractivity contribution >= 4 is 30.6 Å². The van der Waals surface area contributed by atoms with Gasteiger partial charge in [0.1, 0.15) is 7.14 Å². The quantitative estimate of drug-likeness (QED) is 0.339. The van der Waals surface area contributed by atoms with Crippen molar-refractivity contribution in [1.82, 2.24) is 15.3 Å². The van der Waals surface area contributed by atoms with E-state index >= 15 is 0 Å². The molecule has 172 valence electrons. The highest BCUT2D eigenvalue weighted by Gasteiger charge is 2.49. The molecule has 1 aromatic heterocycles. The number of carbonyl (C=O) groups excluding carboxylic acids is 2. The van der Waals surface area contributed by atoms with Crippen LogP contribution in [0.4, 0.5) is 5.82 Å². The molecule has 0 unspecified atom stereocenters. The lowest BCUT2D eigenvalue weighted by Gasteiger charge is -2.31. The third-order valence-corrected chi connectivity index (χ3v) is 8.17. The first-order chi connectivity index (χ1) is 15.2. The van der Waals surface area contributed by atoms with Gasteiger partial charge < -0.3 is 14.7 Å². The molecule has 2 N–H and O–H groups in total. The molecule has 2 saturated carbocycles. The van der Waals surface area contributed by atoms with Crippen LogP contribution in [0.15, 0.2) is 30.3 Å². The van der Waals surface area contributed by atoms with Gasteiger partial charge in [0.25, 0.3) is 0 Å². The minimum atomic E-state index is -2.30. The maximum Gasteiger partial charge on any atom is 0.313 e. The first-order valence-corrected chi connectivity index (χ1v) is 13.7. The number of rotatable bonds is 9. The molecule has 2 aliphatic rings. The van der Waals surface area contributed by atoms with E-state index < -0.39 is 7.14 Å². The second kappa shape index (κ2) is 8.83. The Hall–Kier alpha value is -2.44. The van der Waals surface area contributed by atoms with E-state index in [0.717, 1.165) is 48.7 Å². The summed E-state index contributed by atoms with van der Waals surface area (Å²) >= 11 is 0. The number of hydrogen-bond donors (Lipinski definition) is 2. The van der Waals surface area contributed by atoms with Crippen LogP contribution in [0.2, 0.25) is 0 Å². The van der Waals surface area contributed by atoms with Crippen molar-refractivity contribution in [3.63, 3.8) is 0 Å². The summed E-state index contributed by atoms with van der Waals surface area (Å²) in [7, 11) is -2.30. The Morgan fingerprint density at radius 2 is 2.03 bits per heavy atom. The van der Waals surface area contributed by atoms with E-state index in [1.54, 1.807) is 13.3 Å². The van der Waals surface area contributed by atoms with Gasteiger partial charge >= 0.3 is 6.47 Å². The fourth-order valence-corrected chi connectivity index (χ4v) is 5.38. The number of benzene rings is 1.